The van der Waals surface area contributed by atoms with Crippen molar-refractivity contribution in [3.63, 3.8) is 0 Å². The van der Waals surface area contributed by atoms with Crippen molar-refractivity contribution < 1.29 is 9.84 Å². The van der Waals surface area contributed by atoms with Gasteiger partial charge in [-0.2, -0.15) is 0 Å². The largest absolute Gasteiger partial charge is 0.499 e. The van der Waals surface area contributed by atoms with Crippen LogP contribution in [0.3, 0.4) is 0 Å². The third-order valence-electron chi connectivity index (χ3n) is 0.945. The number of hydrogen-bond acceptors (Lipinski definition) is 2. The molecule has 0 spiro atoms. The average molecular weight is 126 g/mol. The lowest BCUT2D eigenvalue weighted by Gasteiger charge is -2.07. The summed E-state index contributed by atoms with van der Waals surface area (Å²) in [5.74, 6) is 2.60. The van der Waals surface area contributed by atoms with E-state index in [0.717, 1.165) is 0 Å². The van der Waals surface area contributed by atoms with E-state index in [1.54, 1.807) is 0 Å². The quantitative estimate of drug-likeness (QED) is 0.441. The first kappa shape index (κ1) is 8.06. The molecule has 0 aromatic carbocycles. The highest BCUT2D eigenvalue weighted by molar-refractivity contribution is 4.99. The first-order valence-electron chi connectivity index (χ1n) is 2.56. The van der Waals surface area contributed by atoms with Gasteiger partial charge in [-0.25, -0.2) is 0 Å². The molecule has 0 rings (SSSR count). The number of terminal acetylenes is 1. The Bertz CT molecular complexity index is 132. The van der Waals surface area contributed by atoms with Gasteiger partial charge in [-0.1, -0.05) is 6.58 Å². The Hall–Kier alpha value is -0.940. The van der Waals surface area contributed by atoms with Crippen molar-refractivity contribution in [2.45, 2.75) is 12.5 Å². The van der Waals surface area contributed by atoms with Crippen LogP contribution in [0.1, 0.15) is 6.42 Å². The monoisotopic (exact) mass is 126 g/mol. The Balaban J connectivity index is 3.62. The highest BCUT2D eigenvalue weighted by atomic mass is 16.5. The molecule has 1 atom stereocenters. The van der Waals surface area contributed by atoms with E-state index in [-0.39, 0.29) is 6.42 Å². The average Bonchev–Trinajstić information content (AvgIpc) is 1.87. The molecule has 50 valence electrons. The van der Waals surface area contributed by atoms with Gasteiger partial charge >= 0.3 is 0 Å². The maximum Gasteiger partial charge on any atom is 0.121 e. The van der Waals surface area contributed by atoms with Gasteiger partial charge in [0.15, 0.2) is 0 Å². The van der Waals surface area contributed by atoms with Crippen LogP contribution < -0.4 is 0 Å². The van der Waals surface area contributed by atoms with Crippen molar-refractivity contribution in [3.8, 4) is 12.3 Å². The van der Waals surface area contributed by atoms with Gasteiger partial charge in [-0.3, -0.25) is 0 Å². The number of methoxy groups -OCH3 is 1. The molecule has 2 heteroatoms. The van der Waals surface area contributed by atoms with Crippen LogP contribution in [0.2, 0.25) is 0 Å². The van der Waals surface area contributed by atoms with Gasteiger partial charge in [0.1, 0.15) is 11.9 Å². The van der Waals surface area contributed by atoms with Crippen LogP contribution in [0.25, 0.3) is 0 Å². The van der Waals surface area contributed by atoms with E-state index in [4.69, 9.17) is 11.5 Å². The van der Waals surface area contributed by atoms with Crippen LogP contribution in [-0.4, -0.2) is 18.3 Å². The summed E-state index contributed by atoms with van der Waals surface area (Å²) in [7, 11) is 1.45. The first-order chi connectivity index (χ1) is 4.22. The predicted octanol–water partition coefficient (Wildman–Crippen LogP) is 0.531. The fraction of sp³-hybridized carbons (Fsp3) is 0.429. The summed E-state index contributed by atoms with van der Waals surface area (Å²) in [4.78, 5) is 0. The highest BCUT2D eigenvalue weighted by Crippen LogP contribution is 2.02. The maximum absolute atomic E-state index is 8.95. The second-order valence-corrected chi connectivity index (χ2v) is 1.59. The van der Waals surface area contributed by atoms with Crippen LogP contribution in [0.4, 0.5) is 0 Å². The number of ether oxygens (including phenoxy) is 1. The normalized spacial score (nSPS) is 11.7. The Kier molecular flexibility index (Phi) is 3.57. The molecule has 0 heterocycles. The standard InChI is InChI=1S/C7H10O2/c1-4-5-7(8)6(2)9-3/h1,7-8H,2,5H2,3H3. The second kappa shape index (κ2) is 3.99. The molecule has 0 aromatic rings. The fourth-order valence-corrected chi connectivity index (χ4v) is 0.362. The lowest BCUT2D eigenvalue weighted by atomic mass is 10.2. The number of aliphatic hydroxyl groups is 1. The highest BCUT2D eigenvalue weighted by Gasteiger charge is 2.04. The van der Waals surface area contributed by atoms with Gasteiger partial charge in [0.05, 0.1) is 7.11 Å². The fourth-order valence-electron chi connectivity index (χ4n) is 0.362. The first-order valence-corrected chi connectivity index (χ1v) is 2.56. The molecule has 0 aliphatic rings. The Labute approximate surface area is 55.1 Å². The predicted molar refractivity (Wildman–Crippen MR) is 35.6 cm³/mol. The van der Waals surface area contributed by atoms with Crippen molar-refractivity contribution >= 4 is 0 Å². The number of aliphatic hydroxyl groups excluding tert-OH is 1. The number of rotatable bonds is 3. The third-order valence-corrected chi connectivity index (χ3v) is 0.945. The zero-order chi connectivity index (χ0) is 7.28. The summed E-state index contributed by atoms with van der Waals surface area (Å²) in [6.07, 6.45) is 4.45. The van der Waals surface area contributed by atoms with E-state index in [2.05, 4.69) is 17.2 Å². The van der Waals surface area contributed by atoms with E-state index in [9.17, 15) is 0 Å². The van der Waals surface area contributed by atoms with Crippen LogP contribution in [0.5, 0.6) is 0 Å². The molecule has 2 nitrogen and oxygen atoms in total. The topological polar surface area (TPSA) is 29.5 Å². The molecule has 0 radical (unpaired) electrons. The zero-order valence-electron chi connectivity index (χ0n) is 5.42. The molecule has 0 aromatic heterocycles. The van der Waals surface area contributed by atoms with Gasteiger partial charge in [-0.15, -0.1) is 12.3 Å². The Morgan fingerprint density at radius 3 is 2.89 bits per heavy atom. The molecule has 1 N–H and O–H groups in total. The minimum atomic E-state index is -0.722. The van der Waals surface area contributed by atoms with Crippen LogP contribution >= 0.6 is 0 Å². The van der Waals surface area contributed by atoms with Crippen molar-refractivity contribution in [2.24, 2.45) is 0 Å². The van der Waals surface area contributed by atoms with E-state index in [1.807, 2.05) is 0 Å². The molecule has 1 unspecified atom stereocenters. The molecule has 0 fully saturated rings. The number of hydrogen-bond donors (Lipinski definition) is 1. The lowest BCUT2D eigenvalue weighted by molar-refractivity contribution is 0.133. The smallest absolute Gasteiger partial charge is 0.121 e. The van der Waals surface area contributed by atoms with Crippen molar-refractivity contribution in [1.82, 2.24) is 0 Å². The molecule has 0 amide bonds. The molecule has 0 bridgehead atoms. The van der Waals surface area contributed by atoms with Crippen molar-refractivity contribution in [3.05, 3.63) is 12.3 Å². The van der Waals surface area contributed by atoms with E-state index < -0.39 is 6.10 Å². The molecular formula is C7H10O2. The minimum Gasteiger partial charge on any atom is -0.499 e. The minimum absolute atomic E-state index is 0.257. The van der Waals surface area contributed by atoms with Crippen LogP contribution in [-0.2, 0) is 4.74 Å². The zero-order valence-corrected chi connectivity index (χ0v) is 5.42. The summed E-state index contributed by atoms with van der Waals surface area (Å²) in [6.45, 7) is 3.42. The van der Waals surface area contributed by atoms with Crippen LogP contribution in [0.15, 0.2) is 12.3 Å². The molecule has 0 aliphatic carbocycles. The third kappa shape index (κ3) is 2.78. The molecular weight excluding hydrogens is 116 g/mol. The van der Waals surface area contributed by atoms with Gasteiger partial charge < -0.3 is 9.84 Å². The van der Waals surface area contributed by atoms with Crippen molar-refractivity contribution in [2.75, 3.05) is 7.11 Å². The van der Waals surface area contributed by atoms with Gasteiger partial charge in [-0.05, 0) is 0 Å². The summed E-state index contributed by atoms with van der Waals surface area (Å²) >= 11 is 0. The SMILES string of the molecule is C#CCC(O)C(=C)OC. The summed E-state index contributed by atoms with van der Waals surface area (Å²) in [6, 6.07) is 0. The Morgan fingerprint density at radius 2 is 2.56 bits per heavy atom. The van der Waals surface area contributed by atoms with Crippen molar-refractivity contribution in [1.29, 1.82) is 0 Å². The van der Waals surface area contributed by atoms with Gasteiger partial charge in [0.25, 0.3) is 0 Å². The molecule has 0 aliphatic heterocycles. The maximum atomic E-state index is 8.95. The summed E-state index contributed by atoms with van der Waals surface area (Å²) in [5.41, 5.74) is 0. The van der Waals surface area contributed by atoms with E-state index in [0.29, 0.717) is 5.76 Å². The Morgan fingerprint density at radius 1 is 2.00 bits per heavy atom. The van der Waals surface area contributed by atoms with Crippen LogP contribution in [0, 0.1) is 12.3 Å². The second-order valence-electron chi connectivity index (χ2n) is 1.59. The summed E-state index contributed by atoms with van der Waals surface area (Å²) in [5, 5.41) is 8.95. The van der Waals surface area contributed by atoms with Gasteiger partial charge in [0, 0.05) is 6.42 Å². The lowest BCUT2D eigenvalue weighted by Crippen LogP contribution is -2.09. The molecule has 0 saturated carbocycles. The van der Waals surface area contributed by atoms with E-state index >= 15 is 0 Å². The molecule has 0 saturated heterocycles. The summed E-state index contributed by atoms with van der Waals surface area (Å²) < 4.78 is 4.62. The van der Waals surface area contributed by atoms with Gasteiger partial charge in [0.2, 0.25) is 0 Å². The van der Waals surface area contributed by atoms with E-state index in [1.165, 1.54) is 7.11 Å². The molecule has 9 heavy (non-hydrogen) atoms.